The number of rotatable bonds is 4. The number of morpholine rings is 1. The van der Waals surface area contributed by atoms with Crippen LogP contribution >= 0.6 is 11.3 Å². The fraction of sp³-hybridized carbons (Fsp3) is 0.316. The zero-order valence-electron chi connectivity index (χ0n) is 14.8. The Hall–Kier alpha value is -2.35. The third-order valence-electron chi connectivity index (χ3n) is 4.41. The van der Waals surface area contributed by atoms with Crippen molar-refractivity contribution in [1.82, 2.24) is 15.0 Å². The first kappa shape index (κ1) is 17.1. The van der Waals surface area contributed by atoms with Gasteiger partial charge in [0.2, 0.25) is 0 Å². The van der Waals surface area contributed by atoms with Crippen molar-refractivity contribution < 1.29 is 9.64 Å². The van der Waals surface area contributed by atoms with Crippen molar-refractivity contribution >= 4 is 28.0 Å². The summed E-state index contributed by atoms with van der Waals surface area (Å²) < 4.78 is 5.84. The molecule has 0 aliphatic carbocycles. The maximum Gasteiger partial charge on any atom is 0.188 e. The fourth-order valence-corrected chi connectivity index (χ4v) is 4.14. The number of nitrogens with one attached hydrogen (secondary N) is 2. The van der Waals surface area contributed by atoms with Gasteiger partial charge in [-0.15, -0.1) is 0 Å². The number of hydrogen-bond donors (Lipinski definition) is 2. The van der Waals surface area contributed by atoms with Crippen molar-refractivity contribution in [3.05, 3.63) is 49.1 Å². The summed E-state index contributed by atoms with van der Waals surface area (Å²) in [5.41, 5.74) is 2.35. The van der Waals surface area contributed by atoms with Crippen LogP contribution < -0.4 is 10.2 Å². The van der Waals surface area contributed by atoms with Crippen molar-refractivity contribution in [3.63, 3.8) is 0 Å². The Balaban J connectivity index is 1.50. The van der Waals surface area contributed by atoms with E-state index in [0.29, 0.717) is 0 Å². The first-order valence-electron chi connectivity index (χ1n) is 8.77. The number of hydrogen-bond acceptors (Lipinski definition) is 6. The van der Waals surface area contributed by atoms with Gasteiger partial charge in [-0.2, -0.15) is 0 Å². The van der Waals surface area contributed by atoms with Crippen molar-refractivity contribution in [2.24, 2.45) is 0 Å². The Labute approximate surface area is 156 Å². The quantitative estimate of drug-likeness (QED) is 0.741. The van der Waals surface area contributed by atoms with Gasteiger partial charge in [0, 0.05) is 36.9 Å². The molecule has 0 radical (unpaired) electrons. The predicted octanol–water partition coefficient (Wildman–Crippen LogP) is 2.67. The van der Waals surface area contributed by atoms with Gasteiger partial charge in [0.25, 0.3) is 0 Å². The highest BCUT2D eigenvalue weighted by molar-refractivity contribution is 7.18. The Kier molecular flexibility index (Phi) is 4.92. The highest BCUT2D eigenvalue weighted by atomic mass is 32.1. The molecule has 0 bridgehead atoms. The molecule has 0 amide bonds. The van der Waals surface area contributed by atoms with E-state index in [9.17, 15) is 0 Å². The summed E-state index contributed by atoms with van der Waals surface area (Å²) >= 11 is 1.61. The maximum atomic E-state index is 5.84. The lowest BCUT2D eigenvalue weighted by atomic mass is 10.2. The van der Waals surface area contributed by atoms with E-state index in [1.807, 2.05) is 24.5 Å². The normalized spacial score (nSPS) is 22.9. The average molecular weight is 368 g/mol. The molecule has 134 valence electrons. The molecule has 0 saturated carbocycles. The van der Waals surface area contributed by atoms with Crippen molar-refractivity contribution in [2.75, 3.05) is 18.4 Å². The van der Waals surface area contributed by atoms with Crippen LogP contribution in [0.1, 0.15) is 13.8 Å². The lowest BCUT2D eigenvalue weighted by molar-refractivity contribution is -0.850. The molecule has 0 aromatic carbocycles. The molecular formula is C19H22N5OS+. The van der Waals surface area contributed by atoms with Crippen LogP contribution in [0.3, 0.4) is 0 Å². The molecule has 2 unspecified atom stereocenters. The molecule has 26 heavy (non-hydrogen) atoms. The Morgan fingerprint density at radius 1 is 1.08 bits per heavy atom. The molecule has 2 N–H and O–H groups in total. The zero-order chi connectivity index (χ0) is 17.9. The van der Waals surface area contributed by atoms with Gasteiger partial charge in [-0.1, -0.05) is 11.3 Å². The molecule has 3 aromatic heterocycles. The first-order valence-corrected chi connectivity index (χ1v) is 9.59. The first-order chi connectivity index (χ1) is 12.7. The Bertz CT molecular complexity index is 859. The number of nitrogens with zero attached hydrogens (tertiary/aromatic N) is 3. The second-order valence-corrected chi connectivity index (χ2v) is 7.62. The summed E-state index contributed by atoms with van der Waals surface area (Å²) in [6.07, 6.45) is 7.84. The van der Waals surface area contributed by atoms with Gasteiger partial charge >= 0.3 is 0 Å². The molecule has 1 aliphatic rings. The minimum atomic E-state index is 0.264. The fourth-order valence-electron chi connectivity index (χ4n) is 3.32. The monoisotopic (exact) mass is 368 g/mol. The minimum Gasteiger partial charge on any atom is -0.364 e. The molecule has 4 rings (SSSR count). The summed E-state index contributed by atoms with van der Waals surface area (Å²) in [7, 11) is 0. The van der Waals surface area contributed by atoms with Gasteiger partial charge in [0.05, 0.1) is 4.88 Å². The van der Waals surface area contributed by atoms with Crippen molar-refractivity contribution in [3.8, 4) is 10.4 Å². The van der Waals surface area contributed by atoms with E-state index in [1.54, 1.807) is 23.7 Å². The molecule has 2 atom stereocenters. The largest absolute Gasteiger partial charge is 0.364 e. The summed E-state index contributed by atoms with van der Waals surface area (Å²) in [4.78, 5) is 15.5. The molecule has 7 heteroatoms. The lowest BCUT2D eigenvalue weighted by Crippen LogP contribution is -3.11. The SMILES string of the molecule is CC1C[NH+](c2ccnc(Nc3ncc(-c4ccncc4)s3)c2)CC(C)O1. The van der Waals surface area contributed by atoms with Crippen molar-refractivity contribution in [1.29, 1.82) is 0 Å². The molecule has 3 aromatic rings. The second kappa shape index (κ2) is 7.49. The topological polar surface area (TPSA) is 64.4 Å². The minimum absolute atomic E-state index is 0.264. The molecule has 1 aliphatic heterocycles. The van der Waals surface area contributed by atoms with Gasteiger partial charge in [-0.25, -0.2) is 9.97 Å². The summed E-state index contributed by atoms with van der Waals surface area (Å²) in [6, 6.07) is 8.16. The smallest absolute Gasteiger partial charge is 0.188 e. The van der Waals surface area contributed by atoms with Crippen LogP contribution in [0.15, 0.2) is 49.1 Å². The van der Waals surface area contributed by atoms with Crippen molar-refractivity contribution in [2.45, 2.75) is 26.1 Å². The van der Waals surface area contributed by atoms with Crippen LogP contribution in [0, 0.1) is 0 Å². The lowest BCUT2D eigenvalue weighted by Gasteiger charge is -2.32. The molecule has 1 fully saturated rings. The summed E-state index contributed by atoms with van der Waals surface area (Å²) in [5.74, 6) is 0.817. The Morgan fingerprint density at radius 2 is 1.85 bits per heavy atom. The third-order valence-corrected chi connectivity index (χ3v) is 5.37. The van der Waals surface area contributed by atoms with Gasteiger partial charge in [0.15, 0.2) is 5.13 Å². The highest BCUT2D eigenvalue weighted by Gasteiger charge is 2.27. The predicted molar refractivity (Wildman–Crippen MR) is 103 cm³/mol. The summed E-state index contributed by atoms with van der Waals surface area (Å²) in [5, 5.41) is 4.17. The van der Waals surface area contributed by atoms with E-state index >= 15 is 0 Å². The molecule has 4 heterocycles. The van der Waals surface area contributed by atoms with Crippen LogP contribution in [0.2, 0.25) is 0 Å². The Morgan fingerprint density at radius 3 is 2.62 bits per heavy atom. The maximum absolute atomic E-state index is 5.84. The number of ether oxygens (including phenoxy) is 1. The van der Waals surface area contributed by atoms with Crippen LogP contribution in [-0.2, 0) is 4.74 Å². The van der Waals surface area contributed by atoms with E-state index in [1.165, 1.54) is 10.6 Å². The molecule has 1 saturated heterocycles. The summed E-state index contributed by atoms with van der Waals surface area (Å²) in [6.45, 7) is 6.20. The zero-order valence-corrected chi connectivity index (χ0v) is 15.7. The van der Waals surface area contributed by atoms with E-state index in [4.69, 9.17) is 4.74 Å². The number of aromatic nitrogens is 3. The van der Waals surface area contributed by atoms with Crippen LogP contribution in [0.4, 0.5) is 16.6 Å². The van der Waals surface area contributed by atoms with E-state index < -0.39 is 0 Å². The number of pyridine rings is 2. The van der Waals surface area contributed by atoms with Crippen LogP contribution in [0.5, 0.6) is 0 Å². The van der Waals surface area contributed by atoms with Gasteiger partial charge < -0.3 is 10.1 Å². The van der Waals surface area contributed by atoms with Gasteiger partial charge in [0.1, 0.15) is 36.8 Å². The molecular weight excluding hydrogens is 346 g/mol. The molecule has 0 spiro atoms. The van der Waals surface area contributed by atoms with E-state index in [0.717, 1.165) is 34.5 Å². The standard InChI is InChI=1S/C19H21N5OS/c1-13-11-24(12-14(2)25-13)16-5-8-21-18(9-16)23-19-22-10-17(26-19)15-3-6-20-7-4-15/h3-10,13-14H,11-12H2,1-2H3,(H,21,22,23)/p+1. The van der Waals surface area contributed by atoms with Crippen LogP contribution in [0.25, 0.3) is 10.4 Å². The number of quaternary nitrogens is 1. The van der Waals surface area contributed by atoms with Gasteiger partial charge in [-0.3, -0.25) is 9.88 Å². The molecule has 6 nitrogen and oxygen atoms in total. The highest BCUT2D eigenvalue weighted by Crippen LogP contribution is 2.30. The van der Waals surface area contributed by atoms with Gasteiger partial charge in [-0.05, 0) is 31.5 Å². The average Bonchev–Trinajstić information content (AvgIpc) is 3.10. The number of anilines is 2. The number of thiazole rings is 1. The second-order valence-electron chi connectivity index (χ2n) is 6.59. The van der Waals surface area contributed by atoms with E-state index in [2.05, 4.69) is 46.2 Å². The van der Waals surface area contributed by atoms with Crippen LogP contribution in [-0.4, -0.2) is 40.2 Å². The third kappa shape index (κ3) is 3.90. The van der Waals surface area contributed by atoms with E-state index in [-0.39, 0.29) is 12.2 Å².